The van der Waals surface area contributed by atoms with Crippen molar-refractivity contribution in [2.75, 3.05) is 18.1 Å². The molecule has 1 aromatic rings. The van der Waals surface area contributed by atoms with E-state index >= 15 is 0 Å². The molecule has 0 saturated carbocycles. The second-order valence-electron chi connectivity index (χ2n) is 7.43. The van der Waals surface area contributed by atoms with Crippen molar-refractivity contribution in [3.05, 3.63) is 35.9 Å². The Balaban J connectivity index is 2.09. The quantitative estimate of drug-likeness (QED) is 0.531. The molecule has 0 aliphatic carbocycles. The number of nitrogens with zero attached hydrogens (tertiary/aromatic N) is 1. The Morgan fingerprint density at radius 1 is 1.24 bits per heavy atom. The van der Waals surface area contributed by atoms with E-state index in [1.807, 2.05) is 37.3 Å². The van der Waals surface area contributed by atoms with Crippen LogP contribution in [0.15, 0.2) is 30.3 Å². The van der Waals surface area contributed by atoms with Crippen LogP contribution in [0.3, 0.4) is 0 Å². The number of carboxylic acid groups (broad SMARTS) is 2. The Kier molecular flexibility index (Phi) is 8.52. The molecule has 0 bridgehead atoms. The lowest BCUT2D eigenvalue weighted by Gasteiger charge is -2.45. The van der Waals surface area contributed by atoms with Crippen molar-refractivity contribution < 1.29 is 24.6 Å². The van der Waals surface area contributed by atoms with E-state index in [1.54, 1.807) is 6.92 Å². The van der Waals surface area contributed by atoms with Crippen LogP contribution in [0.5, 0.6) is 0 Å². The van der Waals surface area contributed by atoms with Gasteiger partial charge in [-0.05, 0) is 31.7 Å². The van der Waals surface area contributed by atoms with Crippen LogP contribution in [0.25, 0.3) is 0 Å². The van der Waals surface area contributed by atoms with Crippen LogP contribution in [0.2, 0.25) is 0 Å². The molecule has 2 rings (SSSR count). The van der Waals surface area contributed by atoms with Gasteiger partial charge in [-0.15, -0.1) is 0 Å². The van der Waals surface area contributed by atoms with Crippen molar-refractivity contribution >= 4 is 29.6 Å². The molecule has 3 N–H and O–H groups in total. The molecule has 0 radical (unpaired) electrons. The average molecular weight is 423 g/mol. The highest BCUT2D eigenvalue weighted by molar-refractivity contribution is 7.99. The summed E-state index contributed by atoms with van der Waals surface area (Å²) in [5.41, 5.74) is -0.201. The lowest BCUT2D eigenvalue weighted by Crippen LogP contribution is -2.65. The van der Waals surface area contributed by atoms with Crippen molar-refractivity contribution in [2.45, 2.75) is 57.2 Å². The molecule has 160 valence electrons. The molecular formula is C21H30N2O5S. The van der Waals surface area contributed by atoms with Crippen LogP contribution in [0.4, 0.5) is 0 Å². The Morgan fingerprint density at radius 3 is 2.52 bits per heavy atom. The summed E-state index contributed by atoms with van der Waals surface area (Å²) in [4.78, 5) is 38.4. The molecular weight excluding hydrogens is 392 g/mol. The molecule has 1 aliphatic rings. The van der Waals surface area contributed by atoms with Crippen molar-refractivity contribution in [1.82, 2.24) is 10.2 Å². The van der Waals surface area contributed by atoms with Gasteiger partial charge in [-0.25, -0.2) is 4.79 Å². The summed E-state index contributed by atoms with van der Waals surface area (Å²) in [5, 5.41) is 22.4. The fraction of sp³-hybridized carbons (Fsp3) is 0.571. The molecule has 7 nitrogen and oxygen atoms in total. The number of carbonyl (C=O) groups is 3. The third-order valence-corrected chi connectivity index (χ3v) is 6.48. The Labute approximate surface area is 175 Å². The van der Waals surface area contributed by atoms with Crippen molar-refractivity contribution in [3.63, 3.8) is 0 Å². The zero-order valence-corrected chi connectivity index (χ0v) is 17.8. The topological polar surface area (TPSA) is 107 Å². The fourth-order valence-electron chi connectivity index (χ4n) is 3.76. The van der Waals surface area contributed by atoms with Crippen LogP contribution in [0.1, 0.15) is 38.7 Å². The number of nitrogens with one attached hydrogen (secondary N) is 1. The molecule has 1 amide bonds. The number of thioether (sulfide) groups is 1. The molecule has 1 fully saturated rings. The highest BCUT2D eigenvalue weighted by Gasteiger charge is 2.48. The van der Waals surface area contributed by atoms with Crippen LogP contribution in [-0.2, 0) is 20.8 Å². The maximum Gasteiger partial charge on any atom is 0.330 e. The van der Waals surface area contributed by atoms with E-state index in [2.05, 4.69) is 5.32 Å². The van der Waals surface area contributed by atoms with Crippen LogP contribution >= 0.6 is 11.8 Å². The van der Waals surface area contributed by atoms with Crippen molar-refractivity contribution in [1.29, 1.82) is 0 Å². The molecule has 1 heterocycles. The summed E-state index contributed by atoms with van der Waals surface area (Å²) >= 11 is 1.54. The van der Waals surface area contributed by atoms with Crippen LogP contribution in [-0.4, -0.2) is 68.6 Å². The predicted octanol–water partition coefficient (Wildman–Crippen LogP) is 2.25. The maximum atomic E-state index is 13.1. The van der Waals surface area contributed by atoms with Gasteiger partial charge in [0, 0.05) is 18.1 Å². The number of carbonyl (C=O) groups excluding carboxylic acids is 1. The van der Waals surface area contributed by atoms with Gasteiger partial charge in [0.25, 0.3) is 0 Å². The lowest BCUT2D eigenvalue weighted by molar-refractivity contribution is -0.159. The summed E-state index contributed by atoms with van der Waals surface area (Å²) < 4.78 is 0. The van der Waals surface area contributed by atoms with E-state index in [0.717, 1.165) is 5.56 Å². The first-order valence-electron chi connectivity index (χ1n) is 9.97. The van der Waals surface area contributed by atoms with E-state index < -0.39 is 29.6 Å². The molecule has 29 heavy (non-hydrogen) atoms. The van der Waals surface area contributed by atoms with Gasteiger partial charge < -0.3 is 15.1 Å². The van der Waals surface area contributed by atoms with Gasteiger partial charge in [0.1, 0.15) is 11.6 Å². The van der Waals surface area contributed by atoms with Crippen LogP contribution < -0.4 is 5.32 Å². The SMILES string of the molecule is CCCC1(C(=O)O)CSCCN1C(=O)C(C)NC(CCc1ccccc1)C(=O)O. The number of aryl methyl sites for hydroxylation is 1. The average Bonchev–Trinajstić information content (AvgIpc) is 2.71. The zero-order valence-electron chi connectivity index (χ0n) is 17.0. The van der Waals surface area contributed by atoms with Crippen LogP contribution in [0, 0.1) is 0 Å². The molecule has 0 spiro atoms. The molecule has 1 aromatic carbocycles. The Bertz CT molecular complexity index is 710. The van der Waals surface area contributed by atoms with E-state index in [-0.39, 0.29) is 5.91 Å². The van der Waals surface area contributed by atoms with E-state index in [0.29, 0.717) is 43.7 Å². The predicted molar refractivity (Wildman–Crippen MR) is 113 cm³/mol. The highest BCUT2D eigenvalue weighted by atomic mass is 32.2. The summed E-state index contributed by atoms with van der Waals surface area (Å²) in [6, 6.07) is 7.90. The first-order chi connectivity index (χ1) is 13.8. The summed E-state index contributed by atoms with van der Waals surface area (Å²) in [6.45, 7) is 3.86. The van der Waals surface area contributed by atoms with Gasteiger partial charge in [-0.1, -0.05) is 43.7 Å². The minimum atomic E-state index is -1.23. The molecule has 8 heteroatoms. The zero-order chi connectivity index (χ0) is 21.4. The van der Waals surface area contributed by atoms with Crippen molar-refractivity contribution in [3.8, 4) is 0 Å². The summed E-state index contributed by atoms with van der Waals surface area (Å²) in [6.07, 6.45) is 1.93. The monoisotopic (exact) mass is 422 g/mol. The third-order valence-electron chi connectivity index (χ3n) is 5.33. The molecule has 0 aromatic heterocycles. The van der Waals surface area contributed by atoms with Gasteiger partial charge in [-0.2, -0.15) is 11.8 Å². The summed E-state index contributed by atoms with van der Waals surface area (Å²) in [7, 11) is 0. The number of rotatable bonds is 10. The summed E-state index contributed by atoms with van der Waals surface area (Å²) in [5.74, 6) is -1.34. The van der Waals surface area contributed by atoms with E-state index in [1.165, 1.54) is 16.7 Å². The number of hydrogen-bond acceptors (Lipinski definition) is 5. The van der Waals surface area contributed by atoms with E-state index in [9.17, 15) is 24.6 Å². The normalized spacial score (nSPS) is 21.4. The number of carboxylic acids is 2. The fourth-order valence-corrected chi connectivity index (χ4v) is 4.97. The van der Waals surface area contributed by atoms with Gasteiger partial charge in [0.15, 0.2) is 0 Å². The minimum Gasteiger partial charge on any atom is -0.480 e. The minimum absolute atomic E-state index is 0.339. The Hall–Kier alpha value is -2.06. The Morgan fingerprint density at radius 2 is 1.93 bits per heavy atom. The van der Waals surface area contributed by atoms with E-state index in [4.69, 9.17) is 0 Å². The maximum absolute atomic E-state index is 13.1. The number of amides is 1. The van der Waals surface area contributed by atoms with Gasteiger partial charge in [0.05, 0.1) is 6.04 Å². The largest absolute Gasteiger partial charge is 0.480 e. The van der Waals surface area contributed by atoms with Crippen molar-refractivity contribution in [2.24, 2.45) is 0 Å². The van der Waals surface area contributed by atoms with Gasteiger partial charge >= 0.3 is 11.9 Å². The highest BCUT2D eigenvalue weighted by Crippen LogP contribution is 2.32. The number of aliphatic carboxylic acids is 2. The number of hydrogen-bond donors (Lipinski definition) is 3. The first kappa shape index (κ1) is 23.2. The second-order valence-corrected chi connectivity index (χ2v) is 8.54. The molecule has 1 saturated heterocycles. The molecule has 1 aliphatic heterocycles. The van der Waals surface area contributed by atoms with Gasteiger partial charge in [-0.3, -0.25) is 14.9 Å². The first-order valence-corrected chi connectivity index (χ1v) is 11.1. The third kappa shape index (κ3) is 5.73. The lowest BCUT2D eigenvalue weighted by atomic mass is 9.92. The second kappa shape index (κ2) is 10.6. The van der Waals surface area contributed by atoms with Gasteiger partial charge in [0.2, 0.25) is 5.91 Å². The standard InChI is InChI=1S/C21H30N2O5S/c1-3-11-21(20(27)28)14-29-13-12-23(21)18(24)15(2)22-17(19(25)26)10-9-16-7-5-4-6-8-16/h4-8,15,17,22H,3,9-14H2,1-2H3,(H,25,26)(H,27,28). The number of benzene rings is 1. The molecule has 3 unspecified atom stereocenters. The molecule has 3 atom stereocenters. The smallest absolute Gasteiger partial charge is 0.330 e.